The molecular formula is C17H21N3. The molecule has 0 spiro atoms. The second-order valence-corrected chi connectivity index (χ2v) is 6.35. The molecule has 3 nitrogen and oxygen atoms in total. The number of nitrogens with two attached hydrogens (primary N) is 1. The minimum absolute atomic E-state index is 0.139. The third-order valence-electron chi connectivity index (χ3n) is 4.11. The smallest absolute Gasteiger partial charge is 0.0519 e. The summed E-state index contributed by atoms with van der Waals surface area (Å²) in [6.45, 7) is 5.12. The van der Waals surface area contributed by atoms with E-state index in [9.17, 15) is 0 Å². The summed E-state index contributed by atoms with van der Waals surface area (Å²) in [6, 6.07) is 8.78. The zero-order valence-electron chi connectivity index (χ0n) is 12.4. The van der Waals surface area contributed by atoms with Gasteiger partial charge in [0.15, 0.2) is 0 Å². The maximum absolute atomic E-state index is 5.84. The zero-order valence-corrected chi connectivity index (χ0v) is 12.4. The molecule has 2 heterocycles. The quantitative estimate of drug-likeness (QED) is 0.791. The van der Waals surface area contributed by atoms with Crippen LogP contribution >= 0.6 is 0 Å². The van der Waals surface area contributed by atoms with Crippen LogP contribution < -0.4 is 5.73 Å². The van der Waals surface area contributed by atoms with Crippen LogP contribution in [0, 0.1) is 5.41 Å². The van der Waals surface area contributed by atoms with Crippen LogP contribution in [0.1, 0.15) is 19.4 Å². The number of aryl methyl sites for hydroxylation is 1. The van der Waals surface area contributed by atoms with Crippen molar-refractivity contribution in [3.8, 4) is 0 Å². The highest BCUT2D eigenvalue weighted by Crippen LogP contribution is 2.29. The monoisotopic (exact) mass is 267 g/mol. The summed E-state index contributed by atoms with van der Waals surface area (Å²) in [5, 5.41) is 2.49. The van der Waals surface area contributed by atoms with Gasteiger partial charge in [-0.05, 0) is 36.1 Å². The van der Waals surface area contributed by atoms with E-state index in [1.165, 1.54) is 27.4 Å². The number of fused-ring (bicyclic) bond motifs is 3. The van der Waals surface area contributed by atoms with Crippen molar-refractivity contribution in [2.45, 2.75) is 20.3 Å². The molecule has 1 aromatic carbocycles. The SMILES string of the molecule is Cn1c2ccncc2c2ccc(CC(C)(C)CN)cc21. The van der Waals surface area contributed by atoms with Crippen LogP contribution in [0.5, 0.6) is 0 Å². The van der Waals surface area contributed by atoms with Crippen molar-refractivity contribution >= 4 is 21.8 Å². The van der Waals surface area contributed by atoms with E-state index in [1.807, 2.05) is 12.4 Å². The highest BCUT2D eigenvalue weighted by atomic mass is 14.9. The number of hydrogen-bond donors (Lipinski definition) is 1. The first-order valence-corrected chi connectivity index (χ1v) is 7.03. The maximum atomic E-state index is 5.84. The first-order valence-electron chi connectivity index (χ1n) is 7.03. The molecule has 2 N–H and O–H groups in total. The predicted molar refractivity (Wildman–Crippen MR) is 84.8 cm³/mol. The number of aromatic nitrogens is 2. The third kappa shape index (κ3) is 2.08. The third-order valence-corrected chi connectivity index (χ3v) is 4.11. The standard InChI is InChI=1S/C17H21N3/c1-17(2,11-18)9-12-4-5-13-14-10-19-7-6-15(14)20(3)16(13)8-12/h4-8,10H,9,11,18H2,1-3H3. The van der Waals surface area contributed by atoms with Gasteiger partial charge >= 0.3 is 0 Å². The van der Waals surface area contributed by atoms with Crippen LogP contribution in [0.4, 0.5) is 0 Å². The molecule has 3 rings (SSSR count). The molecule has 3 aromatic rings. The van der Waals surface area contributed by atoms with Gasteiger partial charge in [0.2, 0.25) is 0 Å². The summed E-state index contributed by atoms with van der Waals surface area (Å²) in [5.74, 6) is 0. The fourth-order valence-corrected chi connectivity index (χ4v) is 2.83. The molecule has 0 bridgehead atoms. The molecule has 0 fully saturated rings. The summed E-state index contributed by atoms with van der Waals surface area (Å²) in [4.78, 5) is 4.24. The van der Waals surface area contributed by atoms with E-state index in [4.69, 9.17) is 5.73 Å². The van der Waals surface area contributed by atoms with Crippen LogP contribution in [0.2, 0.25) is 0 Å². The molecule has 3 heteroatoms. The van der Waals surface area contributed by atoms with Crippen molar-refractivity contribution < 1.29 is 0 Å². The van der Waals surface area contributed by atoms with Crippen LogP contribution in [0.15, 0.2) is 36.7 Å². The maximum Gasteiger partial charge on any atom is 0.0519 e. The topological polar surface area (TPSA) is 43.8 Å². The minimum Gasteiger partial charge on any atom is -0.344 e. The van der Waals surface area contributed by atoms with E-state index in [0.717, 1.165) is 6.42 Å². The lowest BCUT2D eigenvalue weighted by Crippen LogP contribution is -2.25. The first kappa shape index (κ1) is 13.1. The number of nitrogens with zero attached hydrogens (tertiary/aromatic N) is 2. The lowest BCUT2D eigenvalue weighted by Gasteiger charge is -2.22. The number of pyridine rings is 1. The molecule has 0 aliphatic heterocycles. The second-order valence-electron chi connectivity index (χ2n) is 6.35. The van der Waals surface area contributed by atoms with Crippen molar-refractivity contribution in [3.63, 3.8) is 0 Å². The van der Waals surface area contributed by atoms with Crippen LogP contribution in [-0.4, -0.2) is 16.1 Å². The van der Waals surface area contributed by atoms with Gasteiger partial charge in [0, 0.05) is 35.7 Å². The molecule has 20 heavy (non-hydrogen) atoms. The van der Waals surface area contributed by atoms with E-state index < -0.39 is 0 Å². The van der Waals surface area contributed by atoms with Crippen LogP contribution in [0.25, 0.3) is 21.8 Å². The zero-order chi connectivity index (χ0) is 14.3. The molecule has 0 amide bonds. The molecule has 104 valence electrons. The van der Waals surface area contributed by atoms with Gasteiger partial charge < -0.3 is 10.3 Å². The predicted octanol–water partition coefficient (Wildman–Crippen LogP) is 3.25. The Morgan fingerprint density at radius 2 is 1.95 bits per heavy atom. The Bertz CT molecular complexity index is 768. The Hall–Kier alpha value is -1.87. The van der Waals surface area contributed by atoms with Crippen molar-refractivity contribution in [1.82, 2.24) is 9.55 Å². The Balaban J connectivity index is 2.16. The Morgan fingerprint density at radius 3 is 2.70 bits per heavy atom. The first-order chi connectivity index (χ1) is 9.52. The largest absolute Gasteiger partial charge is 0.344 e. The molecule has 0 aliphatic carbocycles. The van der Waals surface area contributed by atoms with Crippen molar-refractivity contribution in [2.24, 2.45) is 18.2 Å². The summed E-state index contributed by atoms with van der Waals surface area (Å²) in [7, 11) is 2.11. The molecule has 0 saturated carbocycles. The summed E-state index contributed by atoms with van der Waals surface area (Å²) < 4.78 is 2.24. The van der Waals surface area contributed by atoms with E-state index in [0.29, 0.717) is 6.54 Å². The van der Waals surface area contributed by atoms with E-state index in [2.05, 4.69) is 54.7 Å². The van der Waals surface area contributed by atoms with E-state index in [1.54, 1.807) is 0 Å². The molecule has 2 aromatic heterocycles. The molecular weight excluding hydrogens is 246 g/mol. The highest BCUT2D eigenvalue weighted by Gasteiger charge is 2.17. The fraction of sp³-hybridized carbons (Fsp3) is 0.353. The molecule has 0 atom stereocenters. The molecule has 0 aliphatic rings. The Kier molecular flexibility index (Phi) is 3.02. The lowest BCUT2D eigenvalue weighted by molar-refractivity contribution is 0.377. The number of benzene rings is 1. The summed E-state index contributed by atoms with van der Waals surface area (Å²) in [5.41, 5.74) is 9.81. The van der Waals surface area contributed by atoms with Crippen molar-refractivity contribution in [2.75, 3.05) is 6.54 Å². The summed E-state index contributed by atoms with van der Waals surface area (Å²) in [6.07, 6.45) is 4.79. The number of hydrogen-bond acceptors (Lipinski definition) is 2. The van der Waals surface area contributed by atoms with E-state index >= 15 is 0 Å². The average Bonchev–Trinajstić information content (AvgIpc) is 2.72. The van der Waals surface area contributed by atoms with Gasteiger partial charge in [-0.25, -0.2) is 0 Å². The van der Waals surface area contributed by atoms with Crippen molar-refractivity contribution in [3.05, 3.63) is 42.2 Å². The van der Waals surface area contributed by atoms with Gasteiger partial charge in [-0.2, -0.15) is 0 Å². The second kappa shape index (κ2) is 4.60. The Labute approximate surface area is 119 Å². The normalized spacial score (nSPS) is 12.4. The molecule has 0 radical (unpaired) electrons. The summed E-state index contributed by atoms with van der Waals surface area (Å²) >= 11 is 0. The fourth-order valence-electron chi connectivity index (χ4n) is 2.83. The van der Waals surface area contributed by atoms with Gasteiger partial charge in [0.1, 0.15) is 0 Å². The van der Waals surface area contributed by atoms with E-state index in [-0.39, 0.29) is 5.41 Å². The lowest BCUT2D eigenvalue weighted by atomic mass is 9.86. The van der Waals surface area contributed by atoms with Crippen LogP contribution in [-0.2, 0) is 13.5 Å². The van der Waals surface area contributed by atoms with Gasteiger partial charge in [0.25, 0.3) is 0 Å². The minimum atomic E-state index is 0.139. The van der Waals surface area contributed by atoms with Gasteiger partial charge in [-0.3, -0.25) is 4.98 Å². The van der Waals surface area contributed by atoms with Gasteiger partial charge in [0.05, 0.1) is 5.52 Å². The van der Waals surface area contributed by atoms with Gasteiger partial charge in [-0.15, -0.1) is 0 Å². The highest BCUT2D eigenvalue weighted by molar-refractivity contribution is 6.07. The van der Waals surface area contributed by atoms with Crippen LogP contribution in [0.3, 0.4) is 0 Å². The Morgan fingerprint density at radius 1 is 1.15 bits per heavy atom. The molecule has 0 unspecified atom stereocenters. The van der Waals surface area contributed by atoms with Gasteiger partial charge in [-0.1, -0.05) is 26.0 Å². The van der Waals surface area contributed by atoms with Crippen molar-refractivity contribution in [1.29, 1.82) is 0 Å². The number of rotatable bonds is 3. The molecule has 0 saturated heterocycles. The average molecular weight is 267 g/mol.